The van der Waals surface area contributed by atoms with Gasteiger partial charge < -0.3 is 5.32 Å². The molecule has 1 unspecified atom stereocenters. The Morgan fingerprint density at radius 1 is 1.09 bits per heavy atom. The van der Waals surface area contributed by atoms with Crippen molar-refractivity contribution in [1.29, 1.82) is 0 Å². The maximum atomic E-state index is 13.9. The van der Waals surface area contributed by atoms with Crippen molar-refractivity contribution in [2.45, 2.75) is 12.5 Å². The molecular formula is C17H13F2N3. The molecule has 2 aliphatic rings. The van der Waals surface area contributed by atoms with Crippen molar-refractivity contribution in [2.75, 3.05) is 5.32 Å². The highest BCUT2D eigenvalue weighted by molar-refractivity contribution is 6.11. The standard InChI is InChI=1S/C17H13F2N3/c1-9-13-6-12(19)7-15-17(13)16(22-21-9)8-14(20-15)10-2-4-11(18)5-3-10/h2-7,14,20-21H,1,8H2. The Bertz CT molecular complexity index is 809. The monoisotopic (exact) mass is 297 g/mol. The fourth-order valence-electron chi connectivity index (χ4n) is 3.00. The van der Waals surface area contributed by atoms with Crippen molar-refractivity contribution in [2.24, 2.45) is 5.10 Å². The van der Waals surface area contributed by atoms with E-state index in [1.54, 1.807) is 12.1 Å². The van der Waals surface area contributed by atoms with Gasteiger partial charge in [0.2, 0.25) is 0 Å². The zero-order valence-corrected chi connectivity index (χ0v) is 11.7. The summed E-state index contributed by atoms with van der Waals surface area (Å²) in [5.41, 5.74) is 7.53. The molecule has 0 aromatic heterocycles. The predicted molar refractivity (Wildman–Crippen MR) is 82.5 cm³/mol. The quantitative estimate of drug-likeness (QED) is 0.840. The zero-order valence-electron chi connectivity index (χ0n) is 11.7. The summed E-state index contributed by atoms with van der Waals surface area (Å²) in [5, 5.41) is 7.66. The predicted octanol–water partition coefficient (Wildman–Crippen LogP) is 3.80. The minimum atomic E-state index is -0.329. The van der Waals surface area contributed by atoms with Crippen molar-refractivity contribution in [3.05, 3.63) is 71.3 Å². The van der Waals surface area contributed by atoms with E-state index >= 15 is 0 Å². The molecular weight excluding hydrogens is 284 g/mol. The van der Waals surface area contributed by atoms with Gasteiger partial charge in [-0.05, 0) is 29.8 Å². The number of nitrogens with one attached hydrogen (secondary N) is 2. The smallest absolute Gasteiger partial charge is 0.125 e. The second kappa shape index (κ2) is 4.66. The topological polar surface area (TPSA) is 36.4 Å². The van der Waals surface area contributed by atoms with Crippen LogP contribution in [0.2, 0.25) is 0 Å². The second-order valence-electron chi connectivity index (χ2n) is 5.48. The van der Waals surface area contributed by atoms with E-state index in [2.05, 4.69) is 22.4 Å². The lowest BCUT2D eigenvalue weighted by molar-refractivity contribution is 0.624. The molecule has 2 aliphatic heterocycles. The Morgan fingerprint density at radius 3 is 2.64 bits per heavy atom. The summed E-state index contributed by atoms with van der Waals surface area (Å²) in [6.07, 6.45) is 0.636. The molecule has 0 amide bonds. The molecule has 2 heterocycles. The molecule has 22 heavy (non-hydrogen) atoms. The Morgan fingerprint density at radius 2 is 1.86 bits per heavy atom. The second-order valence-corrected chi connectivity index (χ2v) is 5.48. The van der Waals surface area contributed by atoms with Crippen molar-refractivity contribution < 1.29 is 8.78 Å². The summed E-state index contributed by atoms with van der Waals surface area (Å²) in [7, 11) is 0. The van der Waals surface area contributed by atoms with Gasteiger partial charge in [0.05, 0.1) is 17.5 Å². The van der Waals surface area contributed by atoms with Crippen LogP contribution in [0.1, 0.15) is 29.2 Å². The van der Waals surface area contributed by atoms with E-state index in [4.69, 9.17) is 0 Å². The number of hydrogen-bond acceptors (Lipinski definition) is 3. The van der Waals surface area contributed by atoms with Crippen LogP contribution in [0.15, 0.2) is 48.1 Å². The Balaban J connectivity index is 1.81. The van der Waals surface area contributed by atoms with Gasteiger partial charge in [0, 0.05) is 23.2 Å². The van der Waals surface area contributed by atoms with Gasteiger partial charge in [-0.2, -0.15) is 5.10 Å². The molecule has 0 saturated carbocycles. The van der Waals surface area contributed by atoms with E-state index in [0.717, 1.165) is 22.4 Å². The molecule has 4 rings (SSSR count). The summed E-state index contributed by atoms with van der Waals surface area (Å²) < 4.78 is 26.9. The third-order valence-corrected chi connectivity index (χ3v) is 4.04. The van der Waals surface area contributed by atoms with Crippen LogP contribution in [0.25, 0.3) is 5.70 Å². The first-order valence-corrected chi connectivity index (χ1v) is 6.99. The van der Waals surface area contributed by atoms with Crippen molar-refractivity contribution >= 4 is 17.1 Å². The highest BCUT2D eigenvalue weighted by atomic mass is 19.1. The summed E-state index contributed by atoms with van der Waals surface area (Å²) in [6, 6.07) is 9.15. The molecule has 0 aliphatic carbocycles. The Hall–Kier alpha value is -2.69. The van der Waals surface area contributed by atoms with Crippen LogP contribution in [-0.2, 0) is 0 Å². The highest BCUT2D eigenvalue weighted by Gasteiger charge is 2.30. The van der Waals surface area contributed by atoms with Gasteiger partial charge in [0.25, 0.3) is 0 Å². The highest BCUT2D eigenvalue weighted by Crippen LogP contribution is 2.38. The summed E-state index contributed by atoms with van der Waals surface area (Å²) in [6.45, 7) is 3.86. The molecule has 2 aromatic carbocycles. The van der Waals surface area contributed by atoms with Gasteiger partial charge in [-0.25, -0.2) is 8.78 Å². The van der Waals surface area contributed by atoms with Crippen LogP contribution in [0.5, 0.6) is 0 Å². The summed E-state index contributed by atoms with van der Waals surface area (Å²) in [5.74, 6) is -0.605. The van der Waals surface area contributed by atoms with Gasteiger partial charge in [-0.15, -0.1) is 0 Å². The van der Waals surface area contributed by atoms with Gasteiger partial charge in [-0.1, -0.05) is 18.7 Å². The summed E-state index contributed by atoms with van der Waals surface area (Å²) in [4.78, 5) is 0. The molecule has 110 valence electrons. The van der Waals surface area contributed by atoms with Crippen LogP contribution in [0.3, 0.4) is 0 Å². The first-order valence-electron chi connectivity index (χ1n) is 6.99. The number of anilines is 1. The van der Waals surface area contributed by atoms with E-state index in [1.807, 2.05) is 0 Å². The average molecular weight is 297 g/mol. The number of benzene rings is 2. The van der Waals surface area contributed by atoms with Crippen LogP contribution in [-0.4, -0.2) is 5.71 Å². The molecule has 1 atom stereocenters. The van der Waals surface area contributed by atoms with Crippen LogP contribution < -0.4 is 10.7 Å². The number of halogens is 2. The van der Waals surface area contributed by atoms with Crippen LogP contribution in [0.4, 0.5) is 14.5 Å². The number of rotatable bonds is 1. The lowest BCUT2D eigenvalue weighted by Crippen LogP contribution is -2.29. The summed E-state index contributed by atoms with van der Waals surface area (Å²) >= 11 is 0. The van der Waals surface area contributed by atoms with E-state index in [-0.39, 0.29) is 17.7 Å². The van der Waals surface area contributed by atoms with Crippen LogP contribution in [0, 0.1) is 11.6 Å². The van der Waals surface area contributed by atoms with Crippen molar-refractivity contribution in [1.82, 2.24) is 5.43 Å². The van der Waals surface area contributed by atoms with Crippen molar-refractivity contribution in [3.63, 3.8) is 0 Å². The Labute approximate surface area is 126 Å². The molecule has 2 N–H and O–H groups in total. The molecule has 0 fully saturated rings. The third-order valence-electron chi connectivity index (χ3n) is 4.04. The van der Waals surface area contributed by atoms with Gasteiger partial charge >= 0.3 is 0 Å². The molecule has 0 saturated heterocycles. The fraction of sp³-hybridized carbons (Fsp3) is 0.118. The molecule has 0 radical (unpaired) electrons. The minimum Gasteiger partial charge on any atom is -0.377 e. The largest absolute Gasteiger partial charge is 0.377 e. The first-order chi connectivity index (χ1) is 10.6. The zero-order chi connectivity index (χ0) is 15.3. The maximum Gasteiger partial charge on any atom is 0.125 e. The average Bonchev–Trinajstić information content (AvgIpc) is 2.51. The van der Waals surface area contributed by atoms with E-state index in [0.29, 0.717) is 17.8 Å². The molecule has 2 aromatic rings. The molecule has 3 nitrogen and oxygen atoms in total. The van der Waals surface area contributed by atoms with E-state index < -0.39 is 0 Å². The van der Waals surface area contributed by atoms with E-state index in [1.165, 1.54) is 24.3 Å². The minimum absolute atomic E-state index is 0.0744. The van der Waals surface area contributed by atoms with Gasteiger partial charge in [0.1, 0.15) is 11.6 Å². The number of nitrogens with zero attached hydrogens (tertiary/aromatic N) is 1. The van der Waals surface area contributed by atoms with Gasteiger partial charge in [0.15, 0.2) is 0 Å². The van der Waals surface area contributed by atoms with Crippen LogP contribution >= 0.6 is 0 Å². The normalized spacial score (nSPS) is 18.9. The molecule has 0 bridgehead atoms. The van der Waals surface area contributed by atoms with Crippen molar-refractivity contribution in [3.8, 4) is 0 Å². The lowest BCUT2D eigenvalue weighted by Gasteiger charge is -2.32. The number of hydrazone groups is 1. The lowest BCUT2D eigenvalue weighted by atomic mass is 9.87. The SMILES string of the molecule is C=C1NN=C2CC(c3ccc(F)cc3)Nc3cc(F)cc1c32. The van der Waals surface area contributed by atoms with Gasteiger partial charge in [-0.3, -0.25) is 5.43 Å². The first kappa shape index (κ1) is 13.0. The van der Waals surface area contributed by atoms with E-state index in [9.17, 15) is 8.78 Å². The third kappa shape index (κ3) is 1.97. The Kier molecular flexibility index (Phi) is 2.76. The number of hydrogen-bond donors (Lipinski definition) is 2. The molecule has 0 spiro atoms. The molecule has 5 heteroatoms. The maximum absolute atomic E-state index is 13.9. The fourth-order valence-corrected chi connectivity index (χ4v) is 3.00.